The summed E-state index contributed by atoms with van der Waals surface area (Å²) in [5, 5.41) is 0.733. The van der Waals surface area contributed by atoms with Crippen LogP contribution in [0.15, 0.2) is 41.0 Å². The molecule has 0 radical (unpaired) electrons. The van der Waals surface area contributed by atoms with Crippen LogP contribution in [0.2, 0.25) is 5.02 Å². The first-order chi connectivity index (χ1) is 9.11. The van der Waals surface area contributed by atoms with Gasteiger partial charge in [0.15, 0.2) is 0 Å². The summed E-state index contributed by atoms with van der Waals surface area (Å²) in [5.74, 6) is 5.67. The quantitative estimate of drug-likeness (QED) is 0.661. The van der Waals surface area contributed by atoms with Gasteiger partial charge in [-0.2, -0.15) is 0 Å². The van der Waals surface area contributed by atoms with Crippen molar-refractivity contribution in [3.8, 4) is 0 Å². The van der Waals surface area contributed by atoms with E-state index in [1.165, 1.54) is 0 Å². The van der Waals surface area contributed by atoms with Crippen molar-refractivity contribution < 1.29 is 0 Å². The average Bonchev–Trinajstić information content (AvgIpc) is 2.39. The van der Waals surface area contributed by atoms with E-state index < -0.39 is 0 Å². The zero-order valence-electron chi connectivity index (χ0n) is 10.5. The number of hydrazine groups is 1. The Balaban J connectivity index is 2.27. The third-order valence-electron chi connectivity index (χ3n) is 3.06. The zero-order valence-corrected chi connectivity index (χ0v) is 12.9. The molecule has 2 aromatic rings. The number of nitrogens with zero attached hydrogens (tertiary/aromatic N) is 1. The Morgan fingerprint density at radius 3 is 2.84 bits per heavy atom. The number of aryl methyl sites for hydroxylation is 1. The smallest absolute Gasteiger partial charge is 0.0518 e. The summed E-state index contributed by atoms with van der Waals surface area (Å²) in [6, 6.07) is 9.80. The molecule has 0 saturated heterocycles. The van der Waals surface area contributed by atoms with Crippen molar-refractivity contribution in [2.45, 2.75) is 19.4 Å². The minimum absolute atomic E-state index is 0.00706. The van der Waals surface area contributed by atoms with Gasteiger partial charge in [0.25, 0.3) is 0 Å². The lowest BCUT2D eigenvalue weighted by Crippen LogP contribution is -2.30. The fourth-order valence-corrected chi connectivity index (χ4v) is 2.78. The minimum Gasteiger partial charge on any atom is -0.271 e. The molecule has 1 aromatic carbocycles. The average molecular weight is 341 g/mol. The Labute approximate surface area is 126 Å². The van der Waals surface area contributed by atoms with Crippen LogP contribution in [-0.2, 0) is 6.42 Å². The summed E-state index contributed by atoms with van der Waals surface area (Å²) in [5.41, 5.74) is 5.95. The second-order valence-electron chi connectivity index (χ2n) is 4.34. The van der Waals surface area contributed by atoms with Crippen molar-refractivity contribution >= 4 is 27.5 Å². The summed E-state index contributed by atoms with van der Waals surface area (Å²) in [6.07, 6.45) is 2.49. The highest BCUT2D eigenvalue weighted by atomic mass is 79.9. The van der Waals surface area contributed by atoms with Crippen molar-refractivity contribution in [2.24, 2.45) is 5.84 Å². The lowest BCUT2D eigenvalue weighted by Gasteiger charge is -2.18. The maximum Gasteiger partial charge on any atom is 0.0518 e. The number of pyridine rings is 1. The van der Waals surface area contributed by atoms with Crippen LogP contribution < -0.4 is 11.3 Å². The number of halogens is 2. The molecule has 2 rings (SSSR count). The monoisotopic (exact) mass is 339 g/mol. The van der Waals surface area contributed by atoms with Gasteiger partial charge in [0.2, 0.25) is 0 Å². The number of nitrogens with one attached hydrogen (secondary N) is 1. The number of hydrogen-bond donors (Lipinski definition) is 2. The molecule has 0 bridgehead atoms. The van der Waals surface area contributed by atoms with E-state index in [2.05, 4.69) is 26.3 Å². The molecular weight excluding hydrogens is 326 g/mol. The van der Waals surface area contributed by atoms with Gasteiger partial charge >= 0.3 is 0 Å². The van der Waals surface area contributed by atoms with E-state index in [9.17, 15) is 0 Å². The number of aromatic nitrogens is 1. The van der Waals surface area contributed by atoms with Crippen LogP contribution in [0.4, 0.5) is 0 Å². The Kier molecular flexibility index (Phi) is 4.93. The van der Waals surface area contributed by atoms with Crippen molar-refractivity contribution in [3.05, 3.63) is 62.8 Å². The molecular formula is C14H15BrClN3. The largest absolute Gasteiger partial charge is 0.271 e. The first-order valence-corrected chi connectivity index (χ1v) is 7.10. The van der Waals surface area contributed by atoms with Gasteiger partial charge in [0, 0.05) is 21.4 Å². The molecule has 0 aliphatic heterocycles. The van der Waals surface area contributed by atoms with Gasteiger partial charge in [-0.1, -0.05) is 39.7 Å². The predicted molar refractivity (Wildman–Crippen MR) is 81.9 cm³/mol. The summed E-state index contributed by atoms with van der Waals surface area (Å²) < 4.78 is 0.969. The van der Waals surface area contributed by atoms with Gasteiger partial charge in [-0.05, 0) is 42.7 Å². The minimum atomic E-state index is -0.00706. The Hall–Kier alpha value is -0.940. The molecule has 19 heavy (non-hydrogen) atoms. The van der Waals surface area contributed by atoms with Crippen molar-refractivity contribution in [3.63, 3.8) is 0 Å². The Morgan fingerprint density at radius 1 is 1.42 bits per heavy atom. The molecule has 0 aliphatic rings. The molecule has 3 nitrogen and oxygen atoms in total. The highest BCUT2D eigenvalue weighted by Gasteiger charge is 2.15. The topological polar surface area (TPSA) is 50.9 Å². The molecule has 1 unspecified atom stereocenters. The Bertz CT molecular complexity index is 574. The van der Waals surface area contributed by atoms with Crippen molar-refractivity contribution in [1.82, 2.24) is 10.4 Å². The lowest BCUT2D eigenvalue weighted by atomic mass is 9.98. The summed E-state index contributed by atoms with van der Waals surface area (Å²) in [7, 11) is 0. The van der Waals surface area contributed by atoms with Crippen LogP contribution in [0.25, 0.3) is 0 Å². The standard InChI is InChI=1S/C14H15BrClN3/c1-9-12(3-2-6-18-9)14(19-17)7-10-4-5-11(15)8-13(10)16/h2-6,8,14,19H,7,17H2,1H3. The number of rotatable bonds is 4. The van der Waals surface area contributed by atoms with Crippen molar-refractivity contribution in [2.75, 3.05) is 0 Å². The molecule has 0 fully saturated rings. The SMILES string of the molecule is Cc1ncccc1C(Cc1ccc(Br)cc1Cl)NN. The van der Waals surface area contributed by atoms with Gasteiger partial charge < -0.3 is 0 Å². The highest BCUT2D eigenvalue weighted by molar-refractivity contribution is 9.10. The molecule has 0 saturated carbocycles. The predicted octanol–water partition coefficient (Wildman–Crippen LogP) is 3.55. The highest BCUT2D eigenvalue weighted by Crippen LogP contribution is 2.26. The van der Waals surface area contributed by atoms with Gasteiger partial charge in [0.05, 0.1) is 6.04 Å². The third-order valence-corrected chi connectivity index (χ3v) is 3.91. The molecule has 5 heteroatoms. The summed E-state index contributed by atoms with van der Waals surface area (Å²) in [4.78, 5) is 4.29. The van der Waals surface area contributed by atoms with E-state index in [0.29, 0.717) is 0 Å². The first kappa shape index (κ1) is 14.5. The van der Waals surface area contributed by atoms with Crippen molar-refractivity contribution in [1.29, 1.82) is 0 Å². The maximum absolute atomic E-state index is 6.24. The van der Waals surface area contributed by atoms with Crippen LogP contribution in [0.3, 0.4) is 0 Å². The van der Waals surface area contributed by atoms with E-state index in [-0.39, 0.29) is 6.04 Å². The molecule has 0 spiro atoms. The second-order valence-corrected chi connectivity index (χ2v) is 5.66. The fourth-order valence-electron chi connectivity index (χ4n) is 2.03. The van der Waals surface area contributed by atoms with Gasteiger partial charge in [-0.25, -0.2) is 0 Å². The third kappa shape index (κ3) is 3.54. The second kappa shape index (κ2) is 6.48. The molecule has 1 atom stereocenters. The zero-order chi connectivity index (χ0) is 13.8. The van der Waals surface area contributed by atoms with Crippen LogP contribution >= 0.6 is 27.5 Å². The summed E-state index contributed by atoms with van der Waals surface area (Å²) in [6.45, 7) is 1.98. The van der Waals surface area contributed by atoms with Gasteiger partial charge in [-0.3, -0.25) is 16.3 Å². The summed E-state index contributed by atoms with van der Waals surface area (Å²) >= 11 is 9.64. The molecule has 100 valence electrons. The fraction of sp³-hybridized carbons (Fsp3) is 0.214. The number of hydrogen-bond acceptors (Lipinski definition) is 3. The van der Waals surface area contributed by atoms with E-state index in [4.69, 9.17) is 17.4 Å². The maximum atomic E-state index is 6.24. The number of nitrogens with two attached hydrogens (primary N) is 1. The lowest BCUT2D eigenvalue weighted by molar-refractivity contribution is 0.547. The molecule has 1 aromatic heterocycles. The van der Waals surface area contributed by atoms with E-state index >= 15 is 0 Å². The first-order valence-electron chi connectivity index (χ1n) is 5.93. The van der Waals surface area contributed by atoms with Crippen LogP contribution in [0, 0.1) is 6.92 Å². The molecule has 1 heterocycles. The van der Waals surface area contributed by atoms with Crippen LogP contribution in [0.5, 0.6) is 0 Å². The van der Waals surface area contributed by atoms with Crippen LogP contribution in [-0.4, -0.2) is 4.98 Å². The van der Waals surface area contributed by atoms with Crippen LogP contribution in [0.1, 0.15) is 22.9 Å². The van der Waals surface area contributed by atoms with Gasteiger partial charge in [-0.15, -0.1) is 0 Å². The normalized spacial score (nSPS) is 12.4. The van der Waals surface area contributed by atoms with E-state index in [0.717, 1.165) is 32.7 Å². The van der Waals surface area contributed by atoms with E-state index in [1.54, 1.807) is 6.20 Å². The molecule has 3 N–H and O–H groups in total. The van der Waals surface area contributed by atoms with E-state index in [1.807, 2.05) is 37.3 Å². The number of benzene rings is 1. The Morgan fingerprint density at radius 2 is 2.21 bits per heavy atom. The van der Waals surface area contributed by atoms with Gasteiger partial charge in [0.1, 0.15) is 0 Å². The molecule has 0 amide bonds. The molecule has 0 aliphatic carbocycles.